The van der Waals surface area contributed by atoms with E-state index in [1.807, 2.05) is 26.8 Å². The number of carbonyl (C=O) groups excluding carboxylic acids is 1. The zero-order valence-corrected chi connectivity index (χ0v) is 12.9. The Morgan fingerprint density at radius 2 is 1.89 bits per heavy atom. The lowest BCUT2D eigenvalue weighted by Crippen LogP contribution is -2.23. The second kappa shape index (κ2) is 9.78. The van der Waals surface area contributed by atoms with E-state index in [4.69, 9.17) is 21.1 Å². The number of anilines is 1. The summed E-state index contributed by atoms with van der Waals surface area (Å²) in [5.74, 6) is -0.177. The summed E-state index contributed by atoms with van der Waals surface area (Å²) in [7, 11) is 2.98. The molecule has 108 valence electrons. The monoisotopic (exact) mass is 287 g/mol. The fraction of sp³-hybridized carbons (Fsp3) is 0.500. The van der Waals surface area contributed by atoms with E-state index < -0.39 is 6.29 Å². The van der Waals surface area contributed by atoms with E-state index in [-0.39, 0.29) is 12.3 Å². The standard InChI is InChI=1S/C12H16ClNO3.C2H6/c1-8-4-5-9(13)6-10(8)14-11(15)7-12(16-2)17-3;1-2/h4-6,12H,7H2,1-3H3,(H,14,15);1-2H3. The van der Waals surface area contributed by atoms with Crippen molar-refractivity contribution >= 4 is 23.2 Å². The largest absolute Gasteiger partial charge is 0.355 e. The molecular formula is C14H22ClNO3. The highest BCUT2D eigenvalue weighted by Gasteiger charge is 2.12. The van der Waals surface area contributed by atoms with Crippen molar-refractivity contribution < 1.29 is 14.3 Å². The number of benzene rings is 1. The number of hydrogen-bond acceptors (Lipinski definition) is 3. The van der Waals surface area contributed by atoms with E-state index >= 15 is 0 Å². The van der Waals surface area contributed by atoms with Crippen LogP contribution in [-0.2, 0) is 14.3 Å². The van der Waals surface area contributed by atoms with Crippen LogP contribution in [0, 0.1) is 6.92 Å². The van der Waals surface area contributed by atoms with Crippen molar-refractivity contribution in [2.75, 3.05) is 19.5 Å². The van der Waals surface area contributed by atoms with Crippen molar-refractivity contribution in [3.05, 3.63) is 28.8 Å². The molecule has 1 aromatic rings. The normalized spacial score (nSPS) is 9.84. The average molecular weight is 288 g/mol. The maximum atomic E-state index is 11.7. The van der Waals surface area contributed by atoms with Crippen molar-refractivity contribution in [3.8, 4) is 0 Å². The fourth-order valence-corrected chi connectivity index (χ4v) is 1.52. The molecule has 5 heteroatoms. The first-order chi connectivity index (χ1) is 9.06. The maximum absolute atomic E-state index is 11.7. The zero-order valence-electron chi connectivity index (χ0n) is 12.1. The van der Waals surface area contributed by atoms with Crippen LogP contribution in [0.2, 0.25) is 5.02 Å². The second-order valence-corrected chi connectivity index (χ2v) is 4.05. The summed E-state index contributed by atoms with van der Waals surface area (Å²) in [6.45, 7) is 5.90. The van der Waals surface area contributed by atoms with Gasteiger partial charge >= 0.3 is 0 Å². The molecule has 0 unspecified atom stereocenters. The molecular weight excluding hydrogens is 266 g/mol. The highest BCUT2D eigenvalue weighted by molar-refractivity contribution is 6.31. The Labute approximate surface area is 120 Å². The van der Waals surface area contributed by atoms with Crippen molar-refractivity contribution in [1.82, 2.24) is 0 Å². The van der Waals surface area contributed by atoms with Crippen LogP contribution < -0.4 is 5.32 Å². The minimum Gasteiger partial charge on any atom is -0.355 e. The molecule has 0 bridgehead atoms. The summed E-state index contributed by atoms with van der Waals surface area (Å²) >= 11 is 5.86. The first-order valence-corrected chi connectivity index (χ1v) is 6.56. The molecule has 0 atom stereocenters. The van der Waals surface area contributed by atoms with E-state index in [0.29, 0.717) is 10.7 Å². The number of aryl methyl sites for hydroxylation is 1. The molecule has 19 heavy (non-hydrogen) atoms. The van der Waals surface area contributed by atoms with Gasteiger partial charge in [0.2, 0.25) is 5.91 Å². The summed E-state index contributed by atoms with van der Waals surface area (Å²) in [5, 5.41) is 3.35. The van der Waals surface area contributed by atoms with E-state index in [1.54, 1.807) is 12.1 Å². The molecule has 0 aliphatic rings. The van der Waals surface area contributed by atoms with Crippen molar-refractivity contribution in [2.24, 2.45) is 0 Å². The van der Waals surface area contributed by atoms with Gasteiger partial charge in [-0.1, -0.05) is 31.5 Å². The van der Waals surface area contributed by atoms with Gasteiger partial charge in [-0.3, -0.25) is 4.79 Å². The van der Waals surface area contributed by atoms with Crippen LogP contribution in [0.1, 0.15) is 25.8 Å². The number of amides is 1. The van der Waals surface area contributed by atoms with Crippen molar-refractivity contribution in [1.29, 1.82) is 0 Å². The van der Waals surface area contributed by atoms with Crippen molar-refractivity contribution in [3.63, 3.8) is 0 Å². The van der Waals surface area contributed by atoms with Gasteiger partial charge < -0.3 is 14.8 Å². The molecule has 0 saturated heterocycles. The minimum absolute atomic E-state index is 0.138. The van der Waals surface area contributed by atoms with Crippen LogP contribution in [0.15, 0.2) is 18.2 Å². The smallest absolute Gasteiger partial charge is 0.229 e. The number of carbonyl (C=O) groups is 1. The van der Waals surface area contributed by atoms with Gasteiger partial charge in [-0.05, 0) is 24.6 Å². The minimum atomic E-state index is -0.533. The molecule has 1 N–H and O–H groups in total. The Hall–Kier alpha value is -1.10. The summed E-state index contributed by atoms with van der Waals surface area (Å²) in [5.41, 5.74) is 1.66. The summed E-state index contributed by atoms with van der Waals surface area (Å²) in [6.07, 6.45) is -0.395. The molecule has 0 aliphatic carbocycles. The number of methoxy groups -OCH3 is 2. The lowest BCUT2D eigenvalue weighted by molar-refractivity contribution is -0.134. The molecule has 0 saturated carbocycles. The van der Waals surface area contributed by atoms with Crippen LogP contribution >= 0.6 is 11.6 Å². The number of ether oxygens (including phenoxy) is 2. The summed E-state index contributed by atoms with van der Waals surface area (Å²) in [6, 6.07) is 5.34. The van der Waals surface area contributed by atoms with Crippen LogP contribution in [-0.4, -0.2) is 26.4 Å². The number of nitrogens with one attached hydrogen (secondary N) is 1. The molecule has 0 heterocycles. The molecule has 1 amide bonds. The Morgan fingerprint density at radius 3 is 2.42 bits per heavy atom. The van der Waals surface area contributed by atoms with Gasteiger partial charge in [0.15, 0.2) is 6.29 Å². The number of halogens is 1. The fourth-order valence-electron chi connectivity index (χ4n) is 1.34. The molecule has 0 radical (unpaired) electrons. The third kappa shape index (κ3) is 6.57. The number of rotatable bonds is 5. The first kappa shape index (κ1) is 17.9. The van der Waals surface area contributed by atoms with Crippen LogP contribution in [0.5, 0.6) is 0 Å². The highest BCUT2D eigenvalue weighted by Crippen LogP contribution is 2.20. The van der Waals surface area contributed by atoms with Gasteiger partial charge in [0.05, 0.1) is 6.42 Å². The Balaban J connectivity index is 0.00000154. The molecule has 1 rings (SSSR count). The number of hydrogen-bond donors (Lipinski definition) is 1. The SMILES string of the molecule is CC.COC(CC(=O)Nc1cc(Cl)ccc1C)OC. The van der Waals surface area contributed by atoms with Gasteiger partial charge in [-0.15, -0.1) is 0 Å². The van der Waals surface area contributed by atoms with Crippen LogP contribution in [0.3, 0.4) is 0 Å². The predicted molar refractivity (Wildman–Crippen MR) is 78.6 cm³/mol. The average Bonchev–Trinajstić information content (AvgIpc) is 2.42. The second-order valence-electron chi connectivity index (χ2n) is 3.61. The molecule has 0 fully saturated rings. The van der Waals surface area contributed by atoms with Gasteiger partial charge in [0.25, 0.3) is 0 Å². The van der Waals surface area contributed by atoms with Gasteiger partial charge in [0, 0.05) is 24.9 Å². The summed E-state index contributed by atoms with van der Waals surface area (Å²) < 4.78 is 9.91. The molecule has 0 aromatic heterocycles. The highest BCUT2D eigenvalue weighted by atomic mass is 35.5. The summed E-state index contributed by atoms with van der Waals surface area (Å²) in [4.78, 5) is 11.7. The third-order valence-corrected chi connectivity index (χ3v) is 2.59. The zero-order chi connectivity index (χ0) is 14.8. The lowest BCUT2D eigenvalue weighted by Gasteiger charge is -2.14. The predicted octanol–water partition coefficient (Wildman–Crippen LogP) is 3.62. The quantitative estimate of drug-likeness (QED) is 0.842. The first-order valence-electron chi connectivity index (χ1n) is 6.18. The molecule has 1 aromatic carbocycles. The lowest BCUT2D eigenvalue weighted by atomic mass is 10.2. The Kier molecular flexibility index (Phi) is 9.21. The van der Waals surface area contributed by atoms with Gasteiger partial charge in [-0.25, -0.2) is 0 Å². The van der Waals surface area contributed by atoms with Gasteiger partial charge in [0.1, 0.15) is 0 Å². The van der Waals surface area contributed by atoms with Crippen LogP contribution in [0.4, 0.5) is 5.69 Å². The Morgan fingerprint density at radius 1 is 1.32 bits per heavy atom. The molecule has 0 aliphatic heterocycles. The maximum Gasteiger partial charge on any atom is 0.229 e. The van der Waals surface area contributed by atoms with E-state index in [0.717, 1.165) is 5.56 Å². The van der Waals surface area contributed by atoms with Gasteiger partial charge in [-0.2, -0.15) is 0 Å². The molecule has 4 nitrogen and oxygen atoms in total. The van der Waals surface area contributed by atoms with E-state index in [1.165, 1.54) is 14.2 Å². The van der Waals surface area contributed by atoms with Crippen molar-refractivity contribution in [2.45, 2.75) is 33.5 Å². The molecule has 0 spiro atoms. The third-order valence-electron chi connectivity index (χ3n) is 2.35. The Bertz CT molecular complexity index is 392. The topological polar surface area (TPSA) is 47.6 Å². The van der Waals surface area contributed by atoms with E-state index in [9.17, 15) is 4.79 Å². The van der Waals surface area contributed by atoms with Crippen LogP contribution in [0.25, 0.3) is 0 Å². The van der Waals surface area contributed by atoms with E-state index in [2.05, 4.69) is 5.32 Å².